The fourth-order valence-electron chi connectivity index (χ4n) is 4.42. The first-order chi connectivity index (χ1) is 13.3. The van der Waals surface area contributed by atoms with Gasteiger partial charge in [-0.2, -0.15) is 0 Å². The summed E-state index contributed by atoms with van der Waals surface area (Å²) in [4.78, 5) is 31.0. The van der Waals surface area contributed by atoms with Crippen LogP contribution < -0.4 is 4.74 Å². The average Bonchev–Trinajstić information content (AvgIpc) is 2.65. The lowest BCUT2D eigenvalue weighted by Gasteiger charge is -2.39. The maximum absolute atomic E-state index is 13.2. The largest absolute Gasteiger partial charge is 0.496 e. The summed E-state index contributed by atoms with van der Waals surface area (Å²) in [5.41, 5.74) is 2.94. The lowest BCUT2D eigenvalue weighted by atomic mass is 9.66. The molecule has 150 valence electrons. The summed E-state index contributed by atoms with van der Waals surface area (Å²) in [6.07, 6.45) is 1.79. The number of para-hydroxylation sites is 1. The lowest BCUT2D eigenvalue weighted by Crippen LogP contribution is -2.40. The van der Waals surface area contributed by atoms with Gasteiger partial charge in [0.1, 0.15) is 11.7 Å². The van der Waals surface area contributed by atoms with E-state index < -0.39 is 11.8 Å². The molecular formula is C23H29NO4. The molecule has 3 rings (SSSR count). The normalized spacial score (nSPS) is 23.8. The molecule has 0 saturated heterocycles. The molecule has 0 saturated carbocycles. The molecule has 5 nitrogen and oxygen atoms in total. The SMILES string of the molecule is CCOC(=O)C1C(CC)=NC2=C(C(=O)CC(C)(C)C2)[C@H]1c1ccccc1OC. The van der Waals surface area contributed by atoms with E-state index in [1.807, 2.05) is 31.2 Å². The maximum Gasteiger partial charge on any atom is 0.315 e. The van der Waals surface area contributed by atoms with E-state index in [0.29, 0.717) is 24.2 Å². The van der Waals surface area contributed by atoms with Crippen molar-refractivity contribution in [2.24, 2.45) is 16.3 Å². The zero-order valence-electron chi connectivity index (χ0n) is 17.4. The summed E-state index contributed by atoms with van der Waals surface area (Å²) in [5.74, 6) is -0.631. The predicted molar refractivity (Wildman–Crippen MR) is 109 cm³/mol. The zero-order valence-corrected chi connectivity index (χ0v) is 17.4. The topological polar surface area (TPSA) is 65.0 Å². The Balaban J connectivity index is 2.24. The van der Waals surface area contributed by atoms with E-state index in [1.165, 1.54) is 0 Å². The van der Waals surface area contributed by atoms with Gasteiger partial charge >= 0.3 is 5.97 Å². The van der Waals surface area contributed by atoms with Crippen LogP contribution in [-0.2, 0) is 14.3 Å². The molecule has 5 heteroatoms. The molecule has 1 aliphatic carbocycles. The molecule has 1 aromatic rings. The van der Waals surface area contributed by atoms with Gasteiger partial charge in [-0.15, -0.1) is 0 Å². The van der Waals surface area contributed by atoms with E-state index in [9.17, 15) is 9.59 Å². The number of Topliss-reactive ketones (excluding diaryl/α,β-unsaturated/α-hetero) is 1. The van der Waals surface area contributed by atoms with Crippen molar-refractivity contribution in [2.45, 2.75) is 52.9 Å². The molecule has 0 N–H and O–H groups in total. The fourth-order valence-corrected chi connectivity index (χ4v) is 4.42. The number of esters is 1. The van der Waals surface area contributed by atoms with Crippen LogP contribution in [0.5, 0.6) is 5.75 Å². The second-order valence-corrected chi connectivity index (χ2v) is 8.21. The third-order valence-corrected chi connectivity index (χ3v) is 5.56. The van der Waals surface area contributed by atoms with Crippen molar-refractivity contribution in [2.75, 3.05) is 13.7 Å². The molecule has 0 fully saturated rings. The molecule has 1 aliphatic heterocycles. The summed E-state index contributed by atoms with van der Waals surface area (Å²) in [6, 6.07) is 7.60. The number of methoxy groups -OCH3 is 1. The van der Waals surface area contributed by atoms with Gasteiger partial charge in [0, 0.05) is 34.9 Å². The summed E-state index contributed by atoms with van der Waals surface area (Å²) >= 11 is 0. The van der Waals surface area contributed by atoms with Crippen molar-refractivity contribution in [1.82, 2.24) is 0 Å². The van der Waals surface area contributed by atoms with Crippen molar-refractivity contribution in [1.29, 1.82) is 0 Å². The first-order valence-corrected chi connectivity index (χ1v) is 9.96. The van der Waals surface area contributed by atoms with Crippen molar-refractivity contribution in [3.8, 4) is 5.75 Å². The van der Waals surface area contributed by atoms with Gasteiger partial charge in [-0.05, 0) is 31.2 Å². The van der Waals surface area contributed by atoms with Crippen molar-refractivity contribution < 1.29 is 19.1 Å². The zero-order chi connectivity index (χ0) is 20.5. The quantitative estimate of drug-likeness (QED) is 0.704. The Hall–Kier alpha value is -2.43. The van der Waals surface area contributed by atoms with E-state index in [-0.39, 0.29) is 23.8 Å². The number of ether oxygens (including phenoxy) is 2. The Morgan fingerprint density at radius 1 is 1.21 bits per heavy atom. The second kappa shape index (κ2) is 7.90. The first kappa shape index (κ1) is 20.3. The number of carbonyl (C=O) groups excluding carboxylic acids is 2. The summed E-state index contributed by atoms with van der Waals surface area (Å²) < 4.78 is 11.0. The molecule has 0 spiro atoms. The van der Waals surface area contributed by atoms with Gasteiger partial charge in [0.05, 0.1) is 13.7 Å². The molecule has 2 atom stereocenters. The molecule has 1 unspecified atom stereocenters. The third-order valence-electron chi connectivity index (χ3n) is 5.56. The average molecular weight is 383 g/mol. The van der Waals surface area contributed by atoms with Gasteiger partial charge in [-0.25, -0.2) is 0 Å². The summed E-state index contributed by atoms with van der Waals surface area (Å²) in [7, 11) is 1.61. The molecule has 0 amide bonds. The Labute approximate surface area is 166 Å². The van der Waals surface area contributed by atoms with E-state index >= 15 is 0 Å². The van der Waals surface area contributed by atoms with Gasteiger partial charge < -0.3 is 9.47 Å². The minimum absolute atomic E-state index is 0.0651. The van der Waals surface area contributed by atoms with Crippen LogP contribution in [0.25, 0.3) is 0 Å². The summed E-state index contributed by atoms with van der Waals surface area (Å²) in [5, 5.41) is 0. The van der Waals surface area contributed by atoms with Crippen LogP contribution in [0, 0.1) is 11.3 Å². The number of nitrogens with zero attached hydrogens (tertiary/aromatic N) is 1. The minimum atomic E-state index is -0.606. The van der Waals surface area contributed by atoms with Crippen LogP contribution in [0.4, 0.5) is 0 Å². The fraction of sp³-hybridized carbons (Fsp3) is 0.522. The van der Waals surface area contributed by atoms with E-state index in [2.05, 4.69) is 13.8 Å². The smallest absolute Gasteiger partial charge is 0.315 e. The molecule has 0 aromatic heterocycles. The highest BCUT2D eigenvalue weighted by Crippen LogP contribution is 2.49. The monoisotopic (exact) mass is 383 g/mol. The van der Waals surface area contributed by atoms with Crippen LogP contribution in [0.1, 0.15) is 58.4 Å². The van der Waals surface area contributed by atoms with Crippen LogP contribution in [0.3, 0.4) is 0 Å². The number of ketones is 1. The number of benzene rings is 1. The lowest BCUT2D eigenvalue weighted by molar-refractivity contribution is -0.146. The number of aliphatic imine (C=N–C) groups is 1. The van der Waals surface area contributed by atoms with Crippen LogP contribution in [-0.4, -0.2) is 31.2 Å². The van der Waals surface area contributed by atoms with Gasteiger partial charge in [0.2, 0.25) is 0 Å². The van der Waals surface area contributed by atoms with Crippen LogP contribution in [0.15, 0.2) is 40.5 Å². The molecule has 2 aliphatic rings. The highest BCUT2D eigenvalue weighted by molar-refractivity contribution is 6.09. The standard InChI is InChI=1S/C23H29NO4/c1-6-15-21(22(26)28-7-2)19(14-10-8-9-11-18(14)27-5)20-16(24-15)12-23(3,4)13-17(20)25/h8-11,19,21H,6-7,12-13H2,1-5H3/t19-,21?/m1/s1. The highest BCUT2D eigenvalue weighted by atomic mass is 16.5. The Bertz CT molecular complexity index is 850. The van der Waals surface area contributed by atoms with Gasteiger partial charge in [-0.3, -0.25) is 14.6 Å². The number of rotatable bonds is 5. The number of carbonyl (C=O) groups is 2. The van der Waals surface area contributed by atoms with Gasteiger partial charge in [-0.1, -0.05) is 39.0 Å². The predicted octanol–water partition coefficient (Wildman–Crippen LogP) is 4.47. The maximum atomic E-state index is 13.2. The molecule has 0 bridgehead atoms. The molecule has 0 radical (unpaired) electrons. The van der Waals surface area contributed by atoms with E-state index in [0.717, 1.165) is 23.4 Å². The number of allylic oxidation sites excluding steroid dienone is 2. The second-order valence-electron chi connectivity index (χ2n) is 8.21. The van der Waals surface area contributed by atoms with Gasteiger partial charge in [0.15, 0.2) is 5.78 Å². The summed E-state index contributed by atoms with van der Waals surface area (Å²) in [6.45, 7) is 8.25. The van der Waals surface area contributed by atoms with Crippen molar-refractivity contribution in [3.63, 3.8) is 0 Å². The van der Waals surface area contributed by atoms with E-state index in [1.54, 1.807) is 14.0 Å². The van der Waals surface area contributed by atoms with Crippen LogP contribution in [0.2, 0.25) is 0 Å². The van der Waals surface area contributed by atoms with Crippen molar-refractivity contribution >= 4 is 17.5 Å². The van der Waals surface area contributed by atoms with E-state index in [4.69, 9.17) is 14.5 Å². The molecular weight excluding hydrogens is 354 g/mol. The Morgan fingerprint density at radius 3 is 2.57 bits per heavy atom. The molecule has 28 heavy (non-hydrogen) atoms. The third kappa shape index (κ3) is 3.62. The van der Waals surface area contributed by atoms with Crippen LogP contribution >= 0.6 is 0 Å². The van der Waals surface area contributed by atoms with Gasteiger partial charge in [0.25, 0.3) is 0 Å². The highest BCUT2D eigenvalue weighted by Gasteiger charge is 2.47. The minimum Gasteiger partial charge on any atom is -0.496 e. The Morgan fingerprint density at radius 2 is 1.93 bits per heavy atom. The Kier molecular flexibility index (Phi) is 5.73. The molecule has 1 heterocycles. The van der Waals surface area contributed by atoms with Crippen molar-refractivity contribution in [3.05, 3.63) is 41.1 Å². The molecule has 1 aromatic carbocycles. The number of hydrogen-bond donors (Lipinski definition) is 0. The first-order valence-electron chi connectivity index (χ1n) is 9.96. The number of hydrogen-bond acceptors (Lipinski definition) is 5.